The molecule has 1 radical (unpaired) electrons. The van der Waals surface area contributed by atoms with E-state index in [2.05, 4.69) is 44.5 Å². The zero-order valence-corrected chi connectivity index (χ0v) is 17.7. The van der Waals surface area contributed by atoms with Gasteiger partial charge in [-0.3, -0.25) is 0 Å². The Hall–Kier alpha value is -2.16. The predicted octanol–water partition coefficient (Wildman–Crippen LogP) is 7.06. The van der Waals surface area contributed by atoms with Crippen molar-refractivity contribution in [2.24, 2.45) is 11.8 Å². The summed E-state index contributed by atoms with van der Waals surface area (Å²) in [5, 5.41) is 0. The first-order valence-electron chi connectivity index (χ1n) is 10.3. The maximum atomic E-state index is 13.3. The fraction of sp³-hybridized carbons (Fsp3) is 0.400. The fourth-order valence-electron chi connectivity index (χ4n) is 3.77. The molecule has 3 heteroatoms. The molecule has 2 unspecified atom stereocenters. The van der Waals surface area contributed by atoms with Crippen molar-refractivity contribution in [1.29, 1.82) is 0 Å². The van der Waals surface area contributed by atoms with E-state index in [4.69, 9.17) is 7.49 Å². The van der Waals surface area contributed by atoms with Crippen LogP contribution in [-0.2, 0) is 0 Å². The standard InChI is InChI=1S/C25H32BFN/c1-6-8-21(15-17(3)13-14-26)19(5)23-16-24(28-25(23)18(4)7-2)20-9-11-22(27)12-10-20/h7,9-12,14,16-17,21,28H,5-6,8,13,15H2,1-4H3/b18-7-. The summed E-state index contributed by atoms with van der Waals surface area (Å²) in [5.41, 5.74) is 6.59. The molecule has 1 heterocycles. The molecule has 0 saturated heterocycles. The average molecular weight is 376 g/mol. The molecule has 2 rings (SSSR count). The molecule has 0 aliphatic carbocycles. The quantitative estimate of drug-likeness (QED) is 0.427. The van der Waals surface area contributed by atoms with E-state index in [9.17, 15) is 4.39 Å². The topological polar surface area (TPSA) is 15.8 Å². The van der Waals surface area contributed by atoms with Gasteiger partial charge in [-0.2, -0.15) is 0 Å². The number of aromatic amines is 1. The number of benzene rings is 1. The Bertz CT molecular complexity index is 829. The average Bonchev–Trinajstić information content (AvgIpc) is 3.12. The van der Waals surface area contributed by atoms with Gasteiger partial charge in [0.15, 0.2) is 0 Å². The molecule has 0 fully saturated rings. The van der Waals surface area contributed by atoms with E-state index in [1.165, 1.54) is 23.3 Å². The van der Waals surface area contributed by atoms with Crippen LogP contribution >= 0.6 is 0 Å². The first-order valence-corrected chi connectivity index (χ1v) is 10.3. The van der Waals surface area contributed by atoms with Gasteiger partial charge in [0, 0.05) is 0 Å². The van der Waals surface area contributed by atoms with E-state index in [1.54, 1.807) is 5.97 Å². The molecule has 1 aromatic carbocycles. The summed E-state index contributed by atoms with van der Waals surface area (Å²) < 4.78 is 13.3. The van der Waals surface area contributed by atoms with Gasteiger partial charge >= 0.3 is 160 Å². The van der Waals surface area contributed by atoms with Crippen molar-refractivity contribution in [3.8, 4) is 11.3 Å². The summed E-state index contributed by atoms with van der Waals surface area (Å²) in [6, 6.07) is 8.78. The molecular formula is C25H32BFN. The third kappa shape index (κ3) is 5.44. The fourth-order valence-corrected chi connectivity index (χ4v) is 3.77. The monoisotopic (exact) mass is 376 g/mol. The molecule has 147 valence electrons. The van der Waals surface area contributed by atoms with Crippen LogP contribution in [0.15, 0.2) is 43.0 Å². The van der Waals surface area contributed by atoms with Crippen LogP contribution in [0.3, 0.4) is 0 Å². The van der Waals surface area contributed by atoms with Gasteiger partial charge in [-0.15, -0.1) is 0 Å². The van der Waals surface area contributed by atoms with Crippen LogP contribution in [0.2, 0.25) is 0 Å². The molecule has 0 spiro atoms. The Labute approximate surface area is 170 Å². The van der Waals surface area contributed by atoms with Crippen LogP contribution < -0.4 is 0 Å². The number of nitrogens with one attached hydrogen (secondary N) is 1. The van der Waals surface area contributed by atoms with Gasteiger partial charge in [0.1, 0.15) is 5.82 Å². The number of allylic oxidation sites excluding steroid dienone is 3. The summed E-state index contributed by atoms with van der Waals surface area (Å²) in [4.78, 5) is 3.55. The molecule has 0 bridgehead atoms. The Morgan fingerprint density at radius 2 is 1.96 bits per heavy atom. The van der Waals surface area contributed by atoms with Crippen molar-refractivity contribution < 1.29 is 4.39 Å². The summed E-state index contributed by atoms with van der Waals surface area (Å²) in [6.07, 6.45) is 6.33. The molecule has 2 atom stereocenters. The van der Waals surface area contributed by atoms with Crippen LogP contribution in [0.4, 0.5) is 4.39 Å². The van der Waals surface area contributed by atoms with Crippen LogP contribution in [0.5, 0.6) is 0 Å². The second-order valence-electron chi connectivity index (χ2n) is 7.77. The van der Waals surface area contributed by atoms with E-state index in [1.807, 2.05) is 19.1 Å². The molecule has 1 nitrogen and oxygen atoms in total. The number of H-pyrrole nitrogens is 1. The minimum absolute atomic E-state index is 0.224. The first kappa shape index (κ1) is 22.1. The number of hydrogen-bond acceptors (Lipinski definition) is 0. The van der Waals surface area contributed by atoms with Crippen molar-refractivity contribution in [2.45, 2.75) is 53.4 Å². The van der Waals surface area contributed by atoms with Crippen molar-refractivity contribution >= 4 is 24.6 Å². The van der Waals surface area contributed by atoms with Gasteiger partial charge < -0.3 is 0 Å². The van der Waals surface area contributed by atoms with Gasteiger partial charge in [-0.05, 0) is 0 Å². The zero-order valence-electron chi connectivity index (χ0n) is 17.7. The van der Waals surface area contributed by atoms with Gasteiger partial charge in [0.2, 0.25) is 0 Å². The summed E-state index contributed by atoms with van der Waals surface area (Å²) in [7, 11) is 5.64. The minimum atomic E-state index is -0.224. The molecule has 0 aliphatic rings. The Kier molecular flexibility index (Phi) is 8.23. The third-order valence-corrected chi connectivity index (χ3v) is 5.50. The normalized spacial score (nSPS) is 13.9. The van der Waals surface area contributed by atoms with Crippen LogP contribution in [0.1, 0.15) is 64.6 Å². The van der Waals surface area contributed by atoms with Crippen molar-refractivity contribution in [1.82, 2.24) is 4.98 Å². The van der Waals surface area contributed by atoms with Crippen molar-refractivity contribution in [3.63, 3.8) is 0 Å². The summed E-state index contributed by atoms with van der Waals surface area (Å²) in [5.74, 6) is 2.48. The van der Waals surface area contributed by atoms with E-state index in [0.717, 1.165) is 48.2 Å². The van der Waals surface area contributed by atoms with Gasteiger partial charge in [0.25, 0.3) is 0 Å². The van der Waals surface area contributed by atoms with Gasteiger partial charge in [0.05, 0.1) is 0 Å². The van der Waals surface area contributed by atoms with E-state index >= 15 is 0 Å². The summed E-state index contributed by atoms with van der Waals surface area (Å²) >= 11 is 0. The number of halogens is 1. The SMILES string of the molecule is [B]=CCC(C)CC(CCC)C(=C)c1cc(-c2ccc(F)cc2)[nH]c1/C(C)=C\C. The van der Waals surface area contributed by atoms with Gasteiger partial charge in [-0.1, -0.05) is 0 Å². The number of aromatic nitrogens is 1. The number of rotatable bonds is 10. The van der Waals surface area contributed by atoms with Crippen LogP contribution in [0.25, 0.3) is 22.4 Å². The van der Waals surface area contributed by atoms with Crippen LogP contribution in [-0.4, -0.2) is 18.4 Å². The Morgan fingerprint density at radius 3 is 2.54 bits per heavy atom. The van der Waals surface area contributed by atoms with E-state index in [-0.39, 0.29) is 5.82 Å². The van der Waals surface area contributed by atoms with E-state index < -0.39 is 0 Å². The molecular weight excluding hydrogens is 344 g/mol. The molecule has 28 heavy (non-hydrogen) atoms. The number of hydrogen-bond donors (Lipinski definition) is 1. The first-order chi connectivity index (χ1) is 13.4. The molecule has 1 aromatic heterocycles. The van der Waals surface area contributed by atoms with Crippen molar-refractivity contribution in [2.75, 3.05) is 0 Å². The molecule has 2 aromatic rings. The van der Waals surface area contributed by atoms with Crippen molar-refractivity contribution in [3.05, 3.63) is 60.1 Å². The molecule has 1 N–H and O–H groups in total. The molecule has 0 aliphatic heterocycles. The predicted molar refractivity (Wildman–Crippen MR) is 123 cm³/mol. The van der Waals surface area contributed by atoms with Crippen LogP contribution in [0, 0.1) is 17.7 Å². The zero-order chi connectivity index (χ0) is 20.7. The maximum absolute atomic E-state index is 13.3. The van der Waals surface area contributed by atoms with E-state index in [0.29, 0.717) is 11.8 Å². The second-order valence-corrected chi connectivity index (χ2v) is 7.77. The summed E-state index contributed by atoms with van der Waals surface area (Å²) in [6.45, 7) is 13.1. The Morgan fingerprint density at radius 1 is 1.29 bits per heavy atom. The Balaban J connectivity index is 2.43. The molecule has 0 saturated carbocycles. The van der Waals surface area contributed by atoms with Gasteiger partial charge in [-0.25, -0.2) is 4.39 Å². The third-order valence-electron chi connectivity index (χ3n) is 5.50. The second kappa shape index (κ2) is 10.4. The molecule has 0 amide bonds.